The molecule has 2 N–H and O–H groups in total. The van der Waals surface area contributed by atoms with Crippen molar-refractivity contribution in [2.75, 3.05) is 33.4 Å². The number of hydrogen-bond donors (Lipinski definition) is 1. The molecule has 0 amide bonds. The van der Waals surface area contributed by atoms with Crippen LogP contribution in [-0.4, -0.2) is 44.3 Å². The van der Waals surface area contributed by atoms with Gasteiger partial charge in [-0.25, -0.2) is 0 Å². The zero-order chi connectivity index (χ0) is 14.4. The zero-order valence-electron chi connectivity index (χ0n) is 12.6. The first-order valence-corrected chi connectivity index (χ1v) is 7.47. The minimum Gasteiger partial charge on any atom is -0.493 e. The summed E-state index contributed by atoms with van der Waals surface area (Å²) in [6, 6.07) is 6.11. The van der Waals surface area contributed by atoms with Crippen LogP contribution in [0.15, 0.2) is 18.2 Å². The summed E-state index contributed by atoms with van der Waals surface area (Å²) in [5.41, 5.74) is 7.03. The van der Waals surface area contributed by atoms with Crippen molar-refractivity contribution in [1.29, 1.82) is 0 Å². The van der Waals surface area contributed by atoms with Crippen molar-refractivity contribution < 1.29 is 9.47 Å². The maximum Gasteiger partial charge on any atom is 0.164 e. The molecule has 4 nitrogen and oxygen atoms in total. The predicted molar refractivity (Wildman–Crippen MR) is 81.5 cm³/mol. The fraction of sp³-hybridized carbons (Fsp3) is 0.625. The van der Waals surface area contributed by atoms with Crippen LogP contribution < -0.4 is 15.2 Å². The fourth-order valence-electron chi connectivity index (χ4n) is 2.68. The molecule has 4 heteroatoms. The van der Waals surface area contributed by atoms with Gasteiger partial charge in [-0.05, 0) is 50.9 Å². The summed E-state index contributed by atoms with van der Waals surface area (Å²) in [7, 11) is 1.68. The SMILES string of the molecule is COc1cccc(CC(C)N)c1OCCN1CCCC1. The Morgan fingerprint density at radius 2 is 2.05 bits per heavy atom. The number of rotatable bonds is 7. The first kappa shape index (κ1) is 15.1. The largest absolute Gasteiger partial charge is 0.493 e. The molecule has 2 rings (SSSR count). The molecule has 112 valence electrons. The van der Waals surface area contributed by atoms with E-state index in [0.717, 1.165) is 30.0 Å². The van der Waals surface area contributed by atoms with Gasteiger partial charge < -0.3 is 15.2 Å². The van der Waals surface area contributed by atoms with Crippen LogP contribution in [-0.2, 0) is 6.42 Å². The van der Waals surface area contributed by atoms with Crippen LogP contribution in [0, 0.1) is 0 Å². The molecular formula is C16H26N2O2. The summed E-state index contributed by atoms with van der Waals surface area (Å²) in [6.07, 6.45) is 3.42. The molecule has 1 aliphatic heterocycles. The van der Waals surface area contributed by atoms with Crippen LogP contribution in [0.3, 0.4) is 0 Å². The summed E-state index contributed by atoms with van der Waals surface area (Å²) in [5.74, 6) is 1.65. The molecule has 1 aromatic carbocycles. The van der Waals surface area contributed by atoms with E-state index < -0.39 is 0 Å². The van der Waals surface area contributed by atoms with Gasteiger partial charge in [0.05, 0.1) is 7.11 Å². The Labute approximate surface area is 121 Å². The molecule has 0 aliphatic carbocycles. The number of nitrogens with zero attached hydrogens (tertiary/aromatic N) is 1. The molecule has 1 aromatic rings. The molecule has 0 aromatic heterocycles. The fourth-order valence-corrected chi connectivity index (χ4v) is 2.68. The van der Waals surface area contributed by atoms with Crippen molar-refractivity contribution in [1.82, 2.24) is 4.90 Å². The third kappa shape index (κ3) is 4.12. The number of hydrogen-bond acceptors (Lipinski definition) is 4. The quantitative estimate of drug-likeness (QED) is 0.829. The number of nitrogens with two attached hydrogens (primary N) is 1. The Hall–Kier alpha value is -1.26. The maximum absolute atomic E-state index is 6.00. The van der Waals surface area contributed by atoms with E-state index >= 15 is 0 Å². The number of methoxy groups -OCH3 is 1. The summed E-state index contributed by atoms with van der Waals surface area (Å²) < 4.78 is 11.4. The molecule has 0 saturated carbocycles. The lowest BCUT2D eigenvalue weighted by Gasteiger charge is -2.19. The number of likely N-dealkylation sites (tertiary alicyclic amines) is 1. The lowest BCUT2D eigenvalue weighted by atomic mass is 10.1. The lowest BCUT2D eigenvalue weighted by Crippen LogP contribution is -2.25. The molecule has 0 spiro atoms. The molecule has 1 saturated heterocycles. The van der Waals surface area contributed by atoms with Gasteiger partial charge in [0.15, 0.2) is 11.5 Å². The van der Waals surface area contributed by atoms with Crippen molar-refractivity contribution in [3.8, 4) is 11.5 Å². The minimum atomic E-state index is 0.114. The zero-order valence-corrected chi connectivity index (χ0v) is 12.6. The average molecular weight is 278 g/mol. The number of benzene rings is 1. The van der Waals surface area contributed by atoms with Gasteiger partial charge in [0.25, 0.3) is 0 Å². The van der Waals surface area contributed by atoms with Crippen LogP contribution in [0.25, 0.3) is 0 Å². The second kappa shape index (κ2) is 7.50. The van der Waals surface area contributed by atoms with Crippen molar-refractivity contribution in [2.45, 2.75) is 32.2 Å². The van der Waals surface area contributed by atoms with Gasteiger partial charge in [0, 0.05) is 12.6 Å². The topological polar surface area (TPSA) is 47.7 Å². The normalized spacial score (nSPS) is 17.1. The van der Waals surface area contributed by atoms with Gasteiger partial charge in [-0.1, -0.05) is 12.1 Å². The second-order valence-electron chi connectivity index (χ2n) is 5.53. The molecule has 0 radical (unpaired) electrons. The molecule has 20 heavy (non-hydrogen) atoms. The Morgan fingerprint density at radius 1 is 1.30 bits per heavy atom. The molecule has 1 atom stereocenters. The van der Waals surface area contributed by atoms with Crippen molar-refractivity contribution in [3.63, 3.8) is 0 Å². The average Bonchev–Trinajstić information content (AvgIpc) is 2.92. The van der Waals surface area contributed by atoms with E-state index in [0.29, 0.717) is 6.61 Å². The lowest BCUT2D eigenvalue weighted by molar-refractivity contribution is 0.228. The highest BCUT2D eigenvalue weighted by Gasteiger charge is 2.14. The second-order valence-corrected chi connectivity index (χ2v) is 5.53. The molecule has 1 fully saturated rings. The molecular weight excluding hydrogens is 252 g/mol. The standard InChI is InChI=1S/C16H26N2O2/c1-13(17)12-14-6-5-7-15(19-2)16(14)20-11-10-18-8-3-4-9-18/h5-7,13H,3-4,8-12,17H2,1-2H3. The van der Waals surface area contributed by atoms with Crippen LogP contribution in [0.2, 0.25) is 0 Å². The summed E-state index contributed by atoms with van der Waals surface area (Å²) >= 11 is 0. The van der Waals surface area contributed by atoms with Crippen molar-refractivity contribution in [3.05, 3.63) is 23.8 Å². The number of para-hydroxylation sites is 1. The first-order valence-electron chi connectivity index (χ1n) is 7.47. The molecule has 1 unspecified atom stereocenters. The first-order chi connectivity index (χ1) is 9.70. The highest BCUT2D eigenvalue weighted by Crippen LogP contribution is 2.31. The number of ether oxygens (including phenoxy) is 2. The van der Waals surface area contributed by atoms with Gasteiger partial charge in [-0.15, -0.1) is 0 Å². The van der Waals surface area contributed by atoms with Crippen LogP contribution >= 0.6 is 0 Å². The van der Waals surface area contributed by atoms with E-state index in [1.807, 2.05) is 19.1 Å². The summed E-state index contributed by atoms with van der Waals surface area (Å²) in [5, 5.41) is 0. The third-order valence-corrected chi connectivity index (χ3v) is 3.67. The molecule has 1 aliphatic rings. The smallest absolute Gasteiger partial charge is 0.164 e. The van der Waals surface area contributed by atoms with E-state index in [2.05, 4.69) is 11.0 Å². The molecule has 0 bridgehead atoms. The maximum atomic E-state index is 6.00. The molecule has 1 heterocycles. The highest BCUT2D eigenvalue weighted by molar-refractivity contribution is 5.47. The highest BCUT2D eigenvalue weighted by atomic mass is 16.5. The summed E-state index contributed by atoms with van der Waals surface area (Å²) in [6.45, 7) is 6.08. The van der Waals surface area contributed by atoms with Crippen LogP contribution in [0.5, 0.6) is 11.5 Å². The van der Waals surface area contributed by atoms with Gasteiger partial charge >= 0.3 is 0 Å². The predicted octanol–water partition coefficient (Wildman–Crippen LogP) is 2.06. The van der Waals surface area contributed by atoms with Gasteiger partial charge in [0.2, 0.25) is 0 Å². The van der Waals surface area contributed by atoms with Crippen molar-refractivity contribution >= 4 is 0 Å². The monoisotopic (exact) mass is 278 g/mol. The third-order valence-electron chi connectivity index (χ3n) is 3.67. The van der Waals surface area contributed by atoms with Gasteiger partial charge in [-0.3, -0.25) is 4.90 Å². The van der Waals surface area contributed by atoms with Gasteiger partial charge in [0.1, 0.15) is 6.61 Å². The minimum absolute atomic E-state index is 0.114. The Morgan fingerprint density at radius 3 is 2.70 bits per heavy atom. The van der Waals surface area contributed by atoms with Gasteiger partial charge in [-0.2, -0.15) is 0 Å². The van der Waals surface area contributed by atoms with E-state index in [9.17, 15) is 0 Å². The van der Waals surface area contributed by atoms with E-state index in [-0.39, 0.29) is 6.04 Å². The Kier molecular flexibility index (Phi) is 5.68. The van der Waals surface area contributed by atoms with Crippen molar-refractivity contribution in [2.24, 2.45) is 5.73 Å². The Bertz CT molecular complexity index is 415. The van der Waals surface area contributed by atoms with E-state index in [4.69, 9.17) is 15.2 Å². The Balaban J connectivity index is 1.99. The van der Waals surface area contributed by atoms with Crippen LogP contribution in [0.1, 0.15) is 25.3 Å². The van der Waals surface area contributed by atoms with E-state index in [1.165, 1.54) is 25.9 Å². The summed E-state index contributed by atoms with van der Waals surface area (Å²) in [4.78, 5) is 2.45. The van der Waals surface area contributed by atoms with Crippen LogP contribution in [0.4, 0.5) is 0 Å². The van der Waals surface area contributed by atoms with E-state index in [1.54, 1.807) is 7.11 Å².